The first-order valence-electron chi connectivity index (χ1n) is 11.8. The highest BCUT2D eigenvalue weighted by molar-refractivity contribution is 5.68. The number of carbonyl (C=O) groups is 1. The minimum Gasteiger partial charge on any atom is -0.445 e. The molecule has 1 amide bonds. The molecule has 5 rings (SSSR count). The monoisotopic (exact) mass is 465 g/mol. The minimum atomic E-state index is -0.394. The van der Waals surface area contributed by atoms with Crippen LogP contribution >= 0.6 is 0 Å². The molecule has 3 aromatic carbocycles. The van der Waals surface area contributed by atoms with Crippen LogP contribution in [0.4, 0.5) is 4.79 Å². The maximum absolute atomic E-state index is 13.8. The molecule has 2 heterocycles. The Labute approximate surface area is 204 Å². The van der Waals surface area contributed by atoms with Crippen molar-refractivity contribution in [2.75, 3.05) is 6.54 Å². The van der Waals surface area contributed by atoms with E-state index in [-0.39, 0.29) is 24.8 Å². The van der Waals surface area contributed by atoms with Gasteiger partial charge in [0.05, 0.1) is 18.3 Å². The molecule has 0 saturated carbocycles. The predicted octanol–water partition coefficient (Wildman–Crippen LogP) is 4.88. The van der Waals surface area contributed by atoms with E-state index in [1.54, 1.807) is 9.47 Å². The Morgan fingerprint density at radius 2 is 1.49 bits per heavy atom. The molecular weight excluding hydrogens is 438 g/mol. The zero-order chi connectivity index (χ0) is 24.2. The largest absolute Gasteiger partial charge is 0.445 e. The van der Waals surface area contributed by atoms with Gasteiger partial charge in [-0.1, -0.05) is 91.0 Å². The number of aromatic nitrogens is 2. The Morgan fingerprint density at radius 3 is 2.09 bits per heavy atom. The van der Waals surface area contributed by atoms with Crippen molar-refractivity contribution in [2.45, 2.75) is 32.5 Å². The summed E-state index contributed by atoms with van der Waals surface area (Å²) in [6, 6.07) is 29.3. The number of carbonyl (C=O) groups excluding carboxylic acids is 1. The number of amides is 1. The molecule has 0 fully saturated rings. The molecule has 1 aliphatic heterocycles. The van der Waals surface area contributed by atoms with Crippen LogP contribution < -0.4 is 5.56 Å². The van der Waals surface area contributed by atoms with Crippen LogP contribution in [-0.2, 0) is 24.3 Å². The van der Waals surface area contributed by atoms with E-state index in [4.69, 9.17) is 9.72 Å². The molecule has 176 valence electrons. The number of fused-ring (bicyclic) bond motifs is 1. The van der Waals surface area contributed by atoms with Crippen molar-refractivity contribution in [2.24, 2.45) is 0 Å². The average Bonchev–Trinajstić information content (AvgIpc) is 2.91. The summed E-state index contributed by atoms with van der Waals surface area (Å²) in [6.45, 7) is 2.75. The zero-order valence-corrected chi connectivity index (χ0v) is 19.6. The van der Waals surface area contributed by atoms with Crippen LogP contribution in [0.5, 0.6) is 0 Å². The summed E-state index contributed by atoms with van der Waals surface area (Å²) in [4.78, 5) is 32.9. The zero-order valence-electron chi connectivity index (χ0n) is 19.6. The highest BCUT2D eigenvalue weighted by atomic mass is 16.6. The molecule has 0 spiro atoms. The summed E-state index contributed by atoms with van der Waals surface area (Å²) in [6.07, 6.45) is 0.0487. The Bertz CT molecular complexity index is 1330. The number of nitrogens with zero attached hydrogens (tertiary/aromatic N) is 3. The first-order valence-corrected chi connectivity index (χ1v) is 11.8. The first-order chi connectivity index (χ1) is 17.1. The van der Waals surface area contributed by atoms with Gasteiger partial charge in [0.15, 0.2) is 0 Å². The standard InChI is InChI=1S/C29H27N3O3/c1-21-30-26-19-31(29(34)35-20-22-11-5-2-6-12-22)18-17-25(26)28(33)32(21)27(23-13-7-3-8-14-23)24-15-9-4-10-16-24/h2-16,27H,17-20H2,1H3. The fraction of sp³-hybridized carbons (Fsp3) is 0.207. The molecule has 4 aromatic rings. The summed E-state index contributed by atoms with van der Waals surface area (Å²) in [7, 11) is 0. The second kappa shape index (κ2) is 9.97. The van der Waals surface area contributed by atoms with Crippen LogP contribution in [0, 0.1) is 6.92 Å². The van der Waals surface area contributed by atoms with Gasteiger partial charge in [0.2, 0.25) is 0 Å². The Hall–Kier alpha value is -4.19. The van der Waals surface area contributed by atoms with E-state index in [1.807, 2.05) is 97.9 Å². The van der Waals surface area contributed by atoms with Gasteiger partial charge in [-0.25, -0.2) is 9.78 Å². The van der Waals surface area contributed by atoms with E-state index in [0.717, 1.165) is 16.7 Å². The second-order valence-corrected chi connectivity index (χ2v) is 8.70. The molecule has 1 aliphatic rings. The van der Waals surface area contributed by atoms with Crippen molar-refractivity contribution in [3.8, 4) is 0 Å². The molecule has 0 saturated heterocycles. The van der Waals surface area contributed by atoms with Gasteiger partial charge < -0.3 is 9.64 Å². The highest BCUT2D eigenvalue weighted by Crippen LogP contribution is 2.27. The Balaban J connectivity index is 1.44. The van der Waals surface area contributed by atoms with Crippen LogP contribution in [0.25, 0.3) is 0 Å². The predicted molar refractivity (Wildman–Crippen MR) is 134 cm³/mol. The van der Waals surface area contributed by atoms with E-state index in [9.17, 15) is 9.59 Å². The molecule has 0 atom stereocenters. The second-order valence-electron chi connectivity index (χ2n) is 8.70. The third-order valence-electron chi connectivity index (χ3n) is 6.40. The molecule has 0 bridgehead atoms. The number of ether oxygens (including phenoxy) is 1. The van der Waals surface area contributed by atoms with E-state index in [0.29, 0.717) is 30.0 Å². The van der Waals surface area contributed by atoms with Crippen molar-refractivity contribution in [3.05, 3.63) is 135 Å². The van der Waals surface area contributed by atoms with Crippen molar-refractivity contribution >= 4 is 6.09 Å². The van der Waals surface area contributed by atoms with Gasteiger partial charge in [0.1, 0.15) is 12.4 Å². The van der Waals surface area contributed by atoms with E-state index < -0.39 is 6.09 Å². The molecule has 6 heteroatoms. The van der Waals surface area contributed by atoms with Crippen LogP contribution in [0.1, 0.15) is 39.8 Å². The lowest BCUT2D eigenvalue weighted by molar-refractivity contribution is 0.0910. The lowest BCUT2D eigenvalue weighted by Gasteiger charge is -2.30. The third kappa shape index (κ3) is 4.73. The van der Waals surface area contributed by atoms with Gasteiger partial charge in [-0.15, -0.1) is 0 Å². The molecule has 35 heavy (non-hydrogen) atoms. The van der Waals surface area contributed by atoms with Crippen molar-refractivity contribution < 1.29 is 9.53 Å². The number of hydrogen-bond acceptors (Lipinski definition) is 4. The topological polar surface area (TPSA) is 64.4 Å². The number of benzene rings is 3. The third-order valence-corrected chi connectivity index (χ3v) is 6.40. The number of aryl methyl sites for hydroxylation is 1. The highest BCUT2D eigenvalue weighted by Gasteiger charge is 2.29. The molecular formula is C29H27N3O3. The van der Waals surface area contributed by atoms with Crippen LogP contribution in [0.15, 0.2) is 95.8 Å². The summed E-state index contributed by atoms with van der Waals surface area (Å²) in [5.41, 5.74) is 4.23. The Kier molecular flexibility index (Phi) is 6.44. The smallest absolute Gasteiger partial charge is 0.410 e. The first kappa shape index (κ1) is 22.6. The van der Waals surface area contributed by atoms with Gasteiger partial charge in [-0.05, 0) is 30.0 Å². The summed E-state index contributed by atoms with van der Waals surface area (Å²) in [5.74, 6) is 0.617. The van der Waals surface area contributed by atoms with Gasteiger partial charge >= 0.3 is 6.09 Å². The number of rotatable bonds is 5. The maximum Gasteiger partial charge on any atom is 0.410 e. The fourth-order valence-corrected chi connectivity index (χ4v) is 4.65. The Morgan fingerprint density at radius 1 is 0.914 bits per heavy atom. The van der Waals surface area contributed by atoms with Gasteiger partial charge in [-0.3, -0.25) is 9.36 Å². The lowest BCUT2D eigenvalue weighted by atomic mass is 9.97. The summed E-state index contributed by atoms with van der Waals surface area (Å²) < 4.78 is 7.28. The van der Waals surface area contributed by atoms with Crippen LogP contribution in [0.3, 0.4) is 0 Å². The maximum atomic E-state index is 13.8. The van der Waals surface area contributed by atoms with E-state index in [1.165, 1.54) is 0 Å². The average molecular weight is 466 g/mol. The summed E-state index contributed by atoms with van der Waals surface area (Å²) in [5, 5.41) is 0. The molecule has 0 aliphatic carbocycles. The minimum absolute atomic E-state index is 0.0532. The lowest BCUT2D eigenvalue weighted by Crippen LogP contribution is -2.42. The van der Waals surface area contributed by atoms with Crippen molar-refractivity contribution in [1.29, 1.82) is 0 Å². The quantitative estimate of drug-likeness (QED) is 0.421. The fourth-order valence-electron chi connectivity index (χ4n) is 4.65. The van der Waals surface area contributed by atoms with Gasteiger partial charge in [0, 0.05) is 12.1 Å². The van der Waals surface area contributed by atoms with E-state index in [2.05, 4.69) is 0 Å². The SMILES string of the molecule is Cc1nc2c(c(=O)n1C(c1ccccc1)c1ccccc1)CCN(C(=O)OCc1ccccc1)C2. The van der Waals surface area contributed by atoms with Crippen LogP contribution in [-0.4, -0.2) is 27.1 Å². The van der Waals surface area contributed by atoms with Crippen molar-refractivity contribution in [1.82, 2.24) is 14.5 Å². The van der Waals surface area contributed by atoms with Gasteiger partial charge in [-0.2, -0.15) is 0 Å². The van der Waals surface area contributed by atoms with Crippen LogP contribution in [0.2, 0.25) is 0 Å². The van der Waals surface area contributed by atoms with Crippen molar-refractivity contribution in [3.63, 3.8) is 0 Å². The molecule has 0 unspecified atom stereocenters. The molecule has 6 nitrogen and oxygen atoms in total. The summed E-state index contributed by atoms with van der Waals surface area (Å²) >= 11 is 0. The molecule has 0 N–H and O–H groups in total. The van der Waals surface area contributed by atoms with E-state index >= 15 is 0 Å². The molecule has 0 radical (unpaired) electrons. The molecule has 1 aromatic heterocycles. The normalized spacial score (nSPS) is 12.9. The number of hydrogen-bond donors (Lipinski definition) is 0. The van der Waals surface area contributed by atoms with Gasteiger partial charge in [0.25, 0.3) is 5.56 Å².